The second-order valence-corrected chi connectivity index (χ2v) is 6.90. The number of nitrogens with zero attached hydrogens (tertiary/aromatic N) is 3. The second kappa shape index (κ2) is 6.41. The second-order valence-electron chi connectivity index (χ2n) is 4.12. The smallest absolute Gasteiger partial charge is 0.273 e. The van der Waals surface area contributed by atoms with E-state index in [1.54, 1.807) is 18.2 Å². The van der Waals surface area contributed by atoms with Crippen molar-refractivity contribution in [2.24, 2.45) is 5.14 Å². The average Bonchev–Trinajstić information content (AvgIpc) is 2.82. The molecule has 1 aromatic carbocycles. The summed E-state index contributed by atoms with van der Waals surface area (Å²) in [5.74, 6) is 0.308. The van der Waals surface area contributed by atoms with E-state index in [-0.39, 0.29) is 18.3 Å². The van der Waals surface area contributed by atoms with Crippen LogP contribution in [0.5, 0.6) is 0 Å². The van der Waals surface area contributed by atoms with Crippen LogP contribution >= 0.6 is 27.5 Å². The van der Waals surface area contributed by atoms with Crippen molar-refractivity contribution in [3.63, 3.8) is 0 Å². The topological polar surface area (TPSA) is 100 Å². The molecule has 0 spiro atoms. The Balaban J connectivity index is 2.63. The van der Waals surface area contributed by atoms with Gasteiger partial charge < -0.3 is 4.74 Å². The fraction of sp³-hybridized carbons (Fsp3) is 0.273. The predicted octanol–water partition coefficient (Wildman–Crippen LogP) is 1.65. The van der Waals surface area contributed by atoms with Crippen LogP contribution in [0.25, 0.3) is 11.4 Å². The first kappa shape index (κ1) is 16.4. The highest BCUT2D eigenvalue weighted by Crippen LogP contribution is 2.30. The summed E-state index contributed by atoms with van der Waals surface area (Å²) in [7, 11) is -2.49. The van der Waals surface area contributed by atoms with Crippen molar-refractivity contribution in [1.29, 1.82) is 0 Å². The summed E-state index contributed by atoms with van der Waals surface area (Å²) in [4.78, 5) is 0. The molecule has 0 atom stereocenters. The number of halogens is 2. The molecule has 2 aromatic rings. The van der Waals surface area contributed by atoms with Crippen molar-refractivity contribution in [3.8, 4) is 11.4 Å². The zero-order chi connectivity index (χ0) is 15.6. The number of hydrogen-bond acceptors (Lipinski definition) is 5. The number of rotatable bonds is 5. The van der Waals surface area contributed by atoms with E-state index in [1.165, 1.54) is 11.7 Å². The summed E-state index contributed by atoms with van der Waals surface area (Å²) in [5.41, 5.74) is 0.546. The molecule has 1 aromatic heterocycles. The first-order valence-corrected chi connectivity index (χ1v) is 8.46. The van der Waals surface area contributed by atoms with Gasteiger partial charge in [0.25, 0.3) is 15.2 Å². The van der Waals surface area contributed by atoms with E-state index in [2.05, 4.69) is 26.1 Å². The molecular weight excluding hydrogens is 384 g/mol. The fourth-order valence-corrected chi connectivity index (χ4v) is 2.95. The van der Waals surface area contributed by atoms with Crippen LogP contribution < -0.4 is 5.14 Å². The van der Waals surface area contributed by atoms with Gasteiger partial charge in [-0.05, 0) is 18.2 Å². The normalized spacial score (nSPS) is 11.8. The molecule has 2 N–H and O–H groups in total. The minimum absolute atomic E-state index is 0.230. The lowest BCUT2D eigenvalue weighted by atomic mass is 10.2. The van der Waals surface area contributed by atoms with Gasteiger partial charge in [-0.1, -0.05) is 27.5 Å². The van der Waals surface area contributed by atoms with E-state index in [1.807, 2.05) is 0 Å². The van der Waals surface area contributed by atoms with Crippen molar-refractivity contribution >= 4 is 37.6 Å². The lowest BCUT2D eigenvalue weighted by Crippen LogP contribution is -2.20. The van der Waals surface area contributed by atoms with Crippen LogP contribution in [-0.4, -0.2) is 36.9 Å². The van der Waals surface area contributed by atoms with Gasteiger partial charge in [-0.15, -0.1) is 10.2 Å². The molecule has 21 heavy (non-hydrogen) atoms. The van der Waals surface area contributed by atoms with E-state index in [9.17, 15) is 8.42 Å². The van der Waals surface area contributed by atoms with Gasteiger partial charge in [0.05, 0.1) is 18.2 Å². The number of sulfonamides is 1. The quantitative estimate of drug-likeness (QED) is 0.830. The van der Waals surface area contributed by atoms with Gasteiger partial charge in [0.2, 0.25) is 0 Å². The minimum Gasteiger partial charge on any atom is -0.383 e. The third-order valence-corrected chi connectivity index (χ3v) is 4.29. The number of aromatic nitrogens is 3. The van der Waals surface area contributed by atoms with E-state index in [0.29, 0.717) is 16.4 Å². The third kappa shape index (κ3) is 3.61. The Kier molecular flexibility index (Phi) is 4.99. The first-order valence-electron chi connectivity index (χ1n) is 5.75. The highest BCUT2D eigenvalue weighted by atomic mass is 79.9. The summed E-state index contributed by atoms with van der Waals surface area (Å²) in [6.45, 7) is 0.507. The SMILES string of the molecule is COCCn1c(-c2cc(Br)ccc2Cl)nnc1S(N)(=O)=O. The van der Waals surface area contributed by atoms with Crippen LogP contribution in [-0.2, 0) is 21.3 Å². The molecule has 7 nitrogen and oxygen atoms in total. The molecule has 0 aliphatic carbocycles. The molecule has 0 unspecified atom stereocenters. The van der Waals surface area contributed by atoms with Gasteiger partial charge in [0.1, 0.15) is 0 Å². The van der Waals surface area contributed by atoms with Crippen molar-refractivity contribution in [1.82, 2.24) is 14.8 Å². The summed E-state index contributed by atoms with van der Waals surface area (Å²) >= 11 is 9.48. The molecule has 114 valence electrons. The van der Waals surface area contributed by atoms with Crippen LogP contribution in [0.15, 0.2) is 27.8 Å². The highest BCUT2D eigenvalue weighted by molar-refractivity contribution is 9.10. The zero-order valence-electron chi connectivity index (χ0n) is 11.0. The first-order chi connectivity index (χ1) is 9.84. The Morgan fingerprint density at radius 1 is 1.43 bits per heavy atom. The number of hydrogen-bond donors (Lipinski definition) is 1. The van der Waals surface area contributed by atoms with Crippen LogP contribution in [0, 0.1) is 0 Å². The summed E-state index contributed by atoms with van der Waals surface area (Å²) in [6, 6.07) is 5.16. The summed E-state index contributed by atoms with van der Waals surface area (Å²) in [5, 5.41) is 12.8. The van der Waals surface area contributed by atoms with Crippen LogP contribution in [0.2, 0.25) is 5.02 Å². The minimum atomic E-state index is -4.00. The zero-order valence-corrected chi connectivity index (χ0v) is 14.1. The fourth-order valence-electron chi connectivity index (χ4n) is 1.75. The molecule has 0 aliphatic heterocycles. The molecule has 0 fully saturated rings. The van der Waals surface area contributed by atoms with Crippen molar-refractivity contribution in [3.05, 3.63) is 27.7 Å². The van der Waals surface area contributed by atoms with E-state index in [4.69, 9.17) is 21.5 Å². The molecular formula is C11H12BrClN4O3S. The Morgan fingerprint density at radius 2 is 2.14 bits per heavy atom. The van der Waals surface area contributed by atoms with Gasteiger partial charge in [0.15, 0.2) is 5.82 Å². The van der Waals surface area contributed by atoms with Gasteiger partial charge in [0, 0.05) is 17.1 Å². The maximum atomic E-state index is 11.6. The molecule has 10 heteroatoms. The summed E-state index contributed by atoms with van der Waals surface area (Å²) < 4.78 is 30.3. The van der Waals surface area contributed by atoms with Gasteiger partial charge in [-0.25, -0.2) is 13.6 Å². The monoisotopic (exact) mass is 394 g/mol. The Labute approximate surface area is 135 Å². The van der Waals surface area contributed by atoms with Crippen molar-refractivity contribution < 1.29 is 13.2 Å². The van der Waals surface area contributed by atoms with Crippen molar-refractivity contribution in [2.45, 2.75) is 11.7 Å². The number of methoxy groups -OCH3 is 1. The van der Waals surface area contributed by atoms with Gasteiger partial charge in [-0.3, -0.25) is 4.57 Å². The lowest BCUT2D eigenvalue weighted by Gasteiger charge is -2.10. The Bertz CT molecular complexity index is 763. The van der Waals surface area contributed by atoms with Crippen molar-refractivity contribution in [2.75, 3.05) is 13.7 Å². The third-order valence-electron chi connectivity index (χ3n) is 2.66. The number of nitrogens with two attached hydrogens (primary N) is 1. The van der Waals surface area contributed by atoms with Crippen LogP contribution in [0.3, 0.4) is 0 Å². The number of benzene rings is 1. The van der Waals surface area contributed by atoms with Crippen LogP contribution in [0.4, 0.5) is 0 Å². The number of ether oxygens (including phenoxy) is 1. The molecule has 0 radical (unpaired) electrons. The number of primary sulfonamides is 1. The largest absolute Gasteiger partial charge is 0.383 e. The van der Waals surface area contributed by atoms with E-state index in [0.717, 1.165) is 4.47 Å². The van der Waals surface area contributed by atoms with E-state index >= 15 is 0 Å². The molecule has 0 saturated carbocycles. The molecule has 2 rings (SSSR count). The Hall–Kier alpha value is -1.00. The maximum Gasteiger partial charge on any atom is 0.273 e. The maximum absolute atomic E-state index is 11.6. The summed E-state index contributed by atoms with van der Waals surface area (Å²) in [6.07, 6.45) is 0. The molecule has 1 heterocycles. The molecule has 0 bridgehead atoms. The van der Waals surface area contributed by atoms with E-state index < -0.39 is 10.0 Å². The molecule has 0 aliphatic rings. The van der Waals surface area contributed by atoms with Gasteiger partial charge >= 0.3 is 0 Å². The van der Waals surface area contributed by atoms with Crippen LogP contribution in [0.1, 0.15) is 0 Å². The molecule has 0 amide bonds. The highest BCUT2D eigenvalue weighted by Gasteiger charge is 2.23. The standard InChI is InChI=1S/C11H12BrClN4O3S/c1-20-5-4-17-10(15-16-11(17)21(14,18)19)8-6-7(12)2-3-9(8)13/h2-3,6H,4-5H2,1H3,(H2,14,18,19). The molecule has 0 saturated heterocycles. The predicted molar refractivity (Wildman–Crippen MR) is 81.4 cm³/mol. The lowest BCUT2D eigenvalue weighted by molar-refractivity contribution is 0.185. The Morgan fingerprint density at radius 3 is 2.76 bits per heavy atom. The van der Waals surface area contributed by atoms with Gasteiger partial charge in [-0.2, -0.15) is 0 Å². The average molecular weight is 396 g/mol.